The van der Waals surface area contributed by atoms with Crippen molar-refractivity contribution in [1.82, 2.24) is 4.98 Å². The number of pyridine rings is 1. The normalized spacial score (nSPS) is 20.1. The van der Waals surface area contributed by atoms with E-state index in [1.54, 1.807) is 0 Å². The molecule has 0 aliphatic carbocycles. The maximum atomic E-state index is 9.29. The van der Waals surface area contributed by atoms with Crippen LogP contribution in [0.25, 0.3) is 0 Å². The highest BCUT2D eigenvalue weighted by Crippen LogP contribution is 2.29. The lowest BCUT2D eigenvalue weighted by atomic mass is 10.0. The van der Waals surface area contributed by atoms with Crippen molar-refractivity contribution >= 4 is 5.69 Å². The van der Waals surface area contributed by atoms with Gasteiger partial charge < -0.3 is 4.90 Å². The Morgan fingerprint density at radius 2 is 2.18 bits per heavy atom. The van der Waals surface area contributed by atoms with Crippen LogP contribution >= 0.6 is 0 Å². The van der Waals surface area contributed by atoms with Gasteiger partial charge in [0.05, 0.1) is 16.9 Å². The molecule has 3 heteroatoms. The van der Waals surface area contributed by atoms with Gasteiger partial charge in [0, 0.05) is 18.3 Å². The number of nitriles is 1. The molecule has 0 saturated carbocycles. The van der Waals surface area contributed by atoms with Crippen molar-refractivity contribution in [2.45, 2.75) is 46.1 Å². The maximum Gasteiger partial charge on any atom is 0.103 e. The molecular weight excluding hydrogens is 210 g/mol. The Labute approximate surface area is 103 Å². The average molecular weight is 229 g/mol. The van der Waals surface area contributed by atoms with Crippen LogP contribution in [0, 0.1) is 25.2 Å². The van der Waals surface area contributed by atoms with Gasteiger partial charge in [0.1, 0.15) is 6.07 Å². The van der Waals surface area contributed by atoms with Crippen molar-refractivity contribution in [2.24, 2.45) is 0 Å². The molecule has 0 radical (unpaired) electrons. The Hall–Kier alpha value is -1.56. The van der Waals surface area contributed by atoms with Crippen molar-refractivity contribution in [1.29, 1.82) is 5.26 Å². The molecule has 1 atom stereocenters. The van der Waals surface area contributed by atoms with Crippen LogP contribution in [0.3, 0.4) is 0 Å². The van der Waals surface area contributed by atoms with Crippen LogP contribution in [0.4, 0.5) is 5.69 Å². The lowest BCUT2D eigenvalue weighted by Gasteiger charge is -2.36. The largest absolute Gasteiger partial charge is 0.368 e. The predicted octanol–water partition coefficient (Wildman–Crippen LogP) is 2.95. The fraction of sp³-hybridized carbons (Fsp3) is 0.571. The number of piperidine rings is 1. The molecule has 1 aliphatic rings. The van der Waals surface area contributed by atoms with Crippen LogP contribution in [0.2, 0.25) is 0 Å². The molecule has 17 heavy (non-hydrogen) atoms. The van der Waals surface area contributed by atoms with Gasteiger partial charge in [-0.2, -0.15) is 5.26 Å². The van der Waals surface area contributed by atoms with Gasteiger partial charge in [-0.15, -0.1) is 0 Å². The molecule has 1 aliphatic heterocycles. The molecule has 1 aromatic heterocycles. The van der Waals surface area contributed by atoms with E-state index in [0.29, 0.717) is 6.04 Å². The van der Waals surface area contributed by atoms with E-state index < -0.39 is 0 Å². The van der Waals surface area contributed by atoms with E-state index in [2.05, 4.69) is 22.9 Å². The fourth-order valence-corrected chi connectivity index (χ4v) is 2.63. The molecule has 1 unspecified atom stereocenters. The standard InChI is InChI=1S/C14H19N3/c1-10-8-14(13(9-15)12(3)16-10)17-7-5-4-6-11(17)2/h8,11H,4-7H2,1-3H3. The minimum atomic E-state index is 0.525. The first-order chi connectivity index (χ1) is 8.13. The van der Waals surface area contributed by atoms with Crippen LogP contribution in [0.5, 0.6) is 0 Å². The Bertz CT molecular complexity index is 459. The molecule has 1 saturated heterocycles. The molecule has 2 heterocycles. The highest BCUT2D eigenvalue weighted by Gasteiger charge is 2.22. The monoisotopic (exact) mass is 229 g/mol. The number of nitrogens with zero attached hydrogens (tertiary/aromatic N) is 3. The topological polar surface area (TPSA) is 39.9 Å². The zero-order chi connectivity index (χ0) is 12.4. The van der Waals surface area contributed by atoms with Gasteiger partial charge >= 0.3 is 0 Å². The van der Waals surface area contributed by atoms with Gasteiger partial charge in [-0.1, -0.05) is 0 Å². The van der Waals surface area contributed by atoms with E-state index in [4.69, 9.17) is 0 Å². The van der Waals surface area contributed by atoms with E-state index in [-0.39, 0.29) is 0 Å². The van der Waals surface area contributed by atoms with Gasteiger partial charge in [0.25, 0.3) is 0 Å². The van der Waals surface area contributed by atoms with Gasteiger partial charge in [-0.3, -0.25) is 4.98 Å². The number of hydrogen-bond acceptors (Lipinski definition) is 3. The number of anilines is 1. The van der Waals surface area contributed by atoms with Gasteiger partial charge in [0.15, 0.2) is 0 Å². The Morgan fingerprint density at radius 1 is 1.41 bits per heavy atom. The first kappa shape index (κ1) is 11.9. The highest BCUT2D eigenvalue weighted by atomic mass is 15.2. The van der Waals surface area contributed by atoms with Crippen molar-refractivity contribution in [3.63, 3.8) is 0 Å². The van der Waals surface area contributed by atoms with Crippen LogP contribution in [-0.2, 0) is 0 Å². The summed E-state index contributed by atoms with van der Waals surface area (Å²) in [5.41, 5.74) is 3.66. The molecule has 0 spiro atoms. The smallest absolute Gasteiger partial charge is 0.103 e. The second kappa shape index (κ2) is 4.75. The quantitative estimate of drug-likeness (QED) is 0.743. The van der Waals surface area contributed by atoms with Crippen LogP contribution in [0.15, 0.2) is 6.07 Å². The molecule has 0 bridgehead atoms. The zero-order valence-electron chi connectivity index (χ0n) is 10.8. The van der Waals surface area contributed by atoms with E-state index >= 15 is 0 Å². The third kappa shape index (κ3) is 2.26. The summed E-state index contributed by atoms with van der Waals surface area (Å²) < 4.78 is 0. The Kier molecular flexibility index (Phi) is 3.33. The second-order valence-corrected chi connectivity index (χ2v) is 4.89. The second-order valence-electron chi connectivity index (χ2n) is 4.89. The predicted molar refractivity (Wildman–Crippen MR) is 69.1 cm³/mol. The highest BCUT2D eigenvalue weighted by molar-refractivity contribution is 5.62. The summed E-state index contributed by atoms with van der Waals surface area (Å²) in [5, 5.41) is 9.29. The first-order valence-corrected chi connectivity index (χ1v) is 6.28. The number of rotatable bonds is 1. The molecule has 1 aromatic rings. The molecule has 0 N–H and O–H groups in total. The van der Waals surface area contributed by atoms with Gasteiger partial charge in [0.2, 0.25) is 0 Å². The molecule has 90 valence electrons. The number of hydrogen-bond donors (Lipinski definition) is 0. The average Bonchev–Trinajstić information content (AvgIpc) is 2.28. The minimum absolute atomic E-state index is 0.525. The van der Waals surface area contributed by atoms with Gasteiger partial charge in [-0.05, 0) is 46.1 Å². The molecule has 1 fully saturated rings. The summed E-state index contributed by atoms with van der Waals surface area (Å²) in [6.07, 6.45) is 3.73. The van der Waals surface area contributed by atoms with Crippen LogP contribution in [0.1, 0.15) is 43.1 Å². The number of aryl methyl sites for hydroxylation is 2. The fourth-order valence-electron chi connectivity index (χ4n) is 2.63. The van der Waals surface area contributed by atoms with Crippen molar-refractivity contribution in [2.75, 3.05) is 11.4 Å². The third-order valence-corrected chi connectivity index (χ3v) is 3.53. The molecule has 0 aromatic carbocycles. The number of aromatic nitrogens is 1. The van der Waals surface area contributed by atoms with Gasteiger partial charge in [-0.25, -0.2) is 0 Å². The molecule has 0 amide bonds. The Balaban J connectivity index is 2.46. The van der Waals surface area contributed by atoms with Crippen molar-refractivity contribution in [3.8, 4) is 6.07 Å². The third-order valence-electron chi connectivity index (χ3n) is 3.53. The lowest BCUT2D eigenvalue weighted by molar-refractivity contribution is 0.484. The summed E-state index contributed by atoms with van der Waals surface area (Å²) in [7, 11) is 0. The summed E-state index contributed by atoms with van der Waals surface area (Å²) in [5.74, 6) is 0. The maximum absolute atomic E-state index is 9.29. The lowest BCUT2D eigenvalue weighted by Crippen LogP contribution is -2.38. The summed E-state index contributed by atoms with van der Waals surface area (Å²) in [6, 6.07) is 4.88. The van der Waals surface area contributed by atoms with E-state index in [1.165, 1.54) is 19.3 Å². The molecular formula is C14H19N3. The van der Waals surface area contributed by atoms with Crippen molar-refractivity contribution < 1.29 is 0 Å². The van der Waals surface area contributed by atoms with Crippen molar-refractivity contribution in [3.05, 3.63) is 23.0 Å². The summed E-state index contributed by atoms with van der Waals surface area (Å²) in [6.45, 7) is 7.21. The molecule has 3 nitrogen and oxygen atoms in total. The minimum Gasteiger partial charge on any atom is -0.368 e. The zero-order valence-corrected chi connectivity index (χ0v) is 10.8. The Morgan fingerprint density at radius 3 is 2.82 bits per heavy atom. The van der Waals surface area contributed by atoms with E-state index in [9.17, 15) is 5.26 Å². The SMILES string of the molecule is Cc1cc(N2CCCCC2C)c(C#N)c(C)n1. The molecule has 2 rings (SSSR count). The van der Waals surface area contributed by atoms with Crippen LogP contribution < -0.4 is 4.90 Å². The van der Waals surface area contributed by atoms with Crippen LogP contribution in [-0.4, -0.2) is 17.6 Å². The summed E-state index contributed by atoms with van der Waals surface area (Å²) in [4.78, 5) is 6.74. The first-order valence-electron chi connectivity index (χ1n) is 6.28. The van der Waals surface area contributed by atoms with E-state index in [0.717, 1.165) is 29.2 Å². The summed E-state index contributed by atoms with van der Waals surface area (Å²) >= 11 is 0. The van der Waals surface area contributed by atoms with E-state index in [1.807, 2.05) is 19.9 Å².